The lowest BCUT2D eigenvalue weighted by Crippen LogP contribution is -2.19. The number of pyridine rings is 1. The van der Waals surface area contributed by atoms with Gasteiger partial charge >= 0.3 is 0 Å². The molecule has 7 heteroatoms. The Hall–Kier alpha value is -2.44. The predicted molar refractivity (Wildman–Crippen MR) is 89.6 cm³/mol. The van der Waals surface area contributed by atoms with Crippen LogP contribution in [-0.4, -0.2) is 35.8 Å². The number of carbonyl (C=O) groups excluding carboxylic acids is 2. The van der Waals surface area contributed by atoms with Crippen molar-refractivity contribution in [2.75, 3.05) is 19.4 Å². The van der Waals surface area contributed by atoms with Crippen LogP contribution in [0.25, 0.3) is 0 Å². The fraction of sp³-hybridized carbons (Fsp3) is 0.188. The van der Waals surface area contributed by atoms with Gasteiger partial charge in [0, 0.05) is 24.0 Å². The lowest BCUT2D eigenvalue weighted by molar-refractivity contribution is 0.0995. The SMILES string of the molecule is CN(C)Cc1ccc(C(N)=O)cc1NC(=O)c1ccc(Cl)cn1. The second-order valence-electron chi connectivity index (χ2n) is 5.29. The number of amides is 2. The number of halogens is 1. The number of rotatable bonds is 5. The molecule has 0 radical (unpaired) electrons. The highest BCUT2D eigenvalue weighted by atomic mass is 35.5. The molecular formula is C16H17ClN4O2. The molecule has 2 aromatic rings. The normalized spacial score (nSPS) is 10.6. The maximum absolute atomic E-state index is 12.3. The monoisotopic (exact) mass is 332 g/mol. The number of hydrogen-bond donors (Lipinski definition) is 2. The number of anilines is 1. The summed E-state index contributed by atoms with van der Waals surface area (Å²) in [6, 6.07) is 8.09. The molecule has 0 aliphatic carbocycles. The summed E-state index contributed by atoms with van der Waals surface area (Å²) in [4.78, 5) is 29.6. The van der Waals surface area contributed by atoms with Crippen molar-refractivity contribution in [1.29, 1.82) is 0 Å². The van der Waals surface area contributed by atoms with E-state index in [0.29, 0.717) is 22.8 Å². The molecule has 6 nitrogen and oxygen atoms in total. The van der Waals surface area contributed by atoms with E-state index in [1.54, 1.807) is 24.3 Å². The van der Waals surface area contributed by atoms with Gasteiger partial charge in [-0.05, 0) is 43.9 Å². The molecule has 0 spiro atoms. The molecule has 1 aromatic heterocycles. The molecule has 0 aliphatic heterocycles. The number of primary amides is 1. The van der Waals surface area contributed by atoms with Crippen LogP contribution in [0.5, 0.6) is 0 Å². The summed E-state index contributed by atoms with van der Waals surface area (Å²) < 4.78 is 0. The maximum Gasteiger partial charge on any atom is 0.274 e. The zero-order chi connectivity index (χ0) is 17.0. The quantitative estimate of drug-likeness (QED) is 0.878. The number of nitrogens with zero attached hydrogens (tertiary/aromatic N) is 2. The van der Waals surface area contributed by atoms with E-state index in [4.69, 9.17) is 17.3 Å². The minimum absolute atomic E-state index is 0.231. The largest absolute Gasteiger partial charge is 0.366 e. The topological polar surface area (TPSA) is 88.3 Å². The van der Waals surface area contributed by atoms with Crippen LogP contribution in [0.2, 0.25) is 5.02 Å². The Morgan fingerprint density at radius 2 is 2.00 bits per heavy atom. The molecule has 1 aromatic carbocycles. The van der Waals surface area contributed by atoms with Gasteiger partial charge in [0.25, 0.3) is 5.91 Å². The summed E-state index contributed by atoms with van der Waals surface area (Å²) in [5.41, 5.74) is 7.25. The Labute approximate surface area is 139 Å². The van der Waals surface area contributed by atoms with Gasteiger partial charge in [0.15, 0.2) is 0 Å². The van der Waals surface area contributed by atoms with E-state index in [1.807, 2.05) is 19.0 Å². The third-order valence-electron chi connectivity index (χ3n) is 3.09. The molecule has 0 aliphatic rings. The zero-order valence-electron chi connectivity index (χ0n) is 12.8. The number of aromatic nitrogens is 1. The van der Waals surface area contributed by atoms with Gasteiger partial charge in [-0.1, -0.05) is 17.7 Å². The molecule has 0 saturated carbocycles. The van der Waals surface area contributed by atoms with Crippen molar-refractivity contribution >= 4 is 29.1 Å². The van der Waals surface area contributed by atoms with Crippen molar-refractivity contribution in [1.82, 2.24) is 9.88 Å². The summed E-state index contributed by atoms with van der Waals surface area (Å²) in [6.07, 6.45) is 1.40. The van der Waals surface area contributed by atoms with Crippen molar-refractivity contribution in [2.24, 2.45) is 5.73 Å². The van der Waals surface area contributed by atoms with Gasteiger partial charge in [-0.15, -0.1) is 0 Å². The molecule has 0 fully saturated rings. The number of nitrogens with one attached hydrogen (secondary N) is 1. The second-order valence-corrected chi connectivity index (χ2v) is 5.73. The van der Waals surface area contributed by atoms with Gasteiger partial charge in [-0.2, -0.15) is 0 Å². The van der Waals surface area contributed by atoms with Crippen LogP contribution in [-0.2, 0) is 6.54 Å². The van der Waals surface area contributed by atoms with Gasteiger partial charge in [0.2, 0.25) is 5.91 Å². The lowest BCUT2D eigenvalue weighted by Gasteiger charge is -2.15. The standard InChI is InChI=1S/C16H17ClN4O2/c1-21(2)9-11-4-3-10(15(18)22)7-14(11)20-16(23)13-6-5-12(17)8-19-13/h3-8H,9H2,1-2H3,(H2,18,22)(H,20,23). The highest BCUT2D eigenvalue weighted by molar-refractivity contribution is 6.30. The van der Waals surface area contributed by atoms with Gasteiger partial charge in [-0.25, -0.2) is 4.98 Å². The van der Waals surface area contributed by atoms with E-state index >= 15 is 0 Å². The van der Waals surface area contributed by atoms with Crippen LogP contribution in [0.4, 0.5) is 5.69 Å². The molecule has 3 N–H and O–H groups in total. The Kier molecular flexibility index (Phi) is 5.31. The van der Waals surface area contributed by atoms with Crippen LogP contribution >= 0.6 is 11.6 Å². The lowest BCUT2D eigenvalue weighted by atomic mass is 10.1. The van der Waals surface area contributed by atoms with Crippen LogP contribution < -0.4 is 11.1 Å². The maximum atomic E-state index is 12.3. The molecule has 0 bridgehead atoms. The molecule has 1 heterocycles. The minimum atomic E-state index is -0.554. The van der Waals surface area contributed by atoms with E-state index in [0.717, 1.165) is 5.56 Å². The fourth-order valence-electron chi connectivity index (χ4n) is 2.02. The molecular weight excluding hydrogens is 316 g/mol. The Morgan fingerprint density at radius 1 is 1.26 bits per heavy atom. The van der Waals surface area contributed by atoms with Crippen LogP contribution in [0.1, 0.15) is 26.4 Å². The number of hydrogen-bond acceptors (Lipinski definition) is 4. The van der Waals surface area contributed by atoms with E-state index in [1.165, 1.54) is 12.3 Å². The van der Waals surface area contributed by atoms with E-state index in [-0.39, 0.29) is 11.6 Å². The van der Waals surface area contributed by atoms with Crippen molar-refractivity contribution in [3.8, 4) is 0 Å². The summed E-state index contributed by atoms with van der Waals surface area (Å²) in [5, 5.41) is 3.22. The van der Waals surface area contributed by atoms with Gasteiger partial charge < -0.3 is 16.0 Å². The minimum Gasteiger partial charge on any atom is -0.366 e. The number of carbonyl (C=O) groups is 2. The van der Waals surface area contributed by atoms with E-state index in [2.05, 4.69) is 10.3 Å². The molecule has 23 heavy (non-hydrogen) atoms. The second kappa shape index (κ2) is 7.21. The fourth-order valence-corrected chi connectivity index (χ4v) is 2.13. The van der Waals surface area contributed by atoms with Gasteiger partial charge in [-0.3, -0.25) is 9.59 Å². The zero-order valence-corrected chi connectivity index (χ0v) is 13.6. The average molecular weight is 333 g/mol. The third-order valence-corrected chi connectivity index (χ3v) is 3.31. The summed E-state index contributed by atoms with van der Waals surface area (Å²) in [7, 11) is 3.82. The van der Waals surface area contributed by atoms with E-state index < -0.39 is 5.91 Å². The highest BCUT2D eigenvalue weighted by Crippen LogP contribution is 2.20. The van der Waals surface area contributed by atoms with E-state index in [9.17, 15) is 9.59 Å². The first kappa shape index (κ1) is 16.9. The highest BCUT2D eigenvalue weighted by Gasteiger charge is 2.13. The van der Waals surface area contributed by atoms with Crippen molar-refractivity contribution in [3.05, 3.63) is 58.4 Å². The molecule has 0 atom stereocenters. The summed E-state index contributed by atoms with van der Waals surface area (Å²) >= 11 is 5.76. The van der Waals surface area contributed by atoms with Crippen LogP contribution in [0, 0.1) is 0 Å². The molecule has 0 unspecified atom stereocenters. The van der Waals surface area contributed by atoms with Gasteiger partial charge in [0.05, 0.1) is 5.02 Å². The van der Waals surface area contributed by atoms with Crippen molar-refractivity contribution in [3.63, 3.8) is 0 Å². The summed E-state index contributed by atoms with van der Waals surface area (Å²) in [6.45, 7) is 0.600. The first-order chi connectivity index (χ1) is 10.9. The van der Waals surface area contributed by atoms with Crippen molar-refractivity contribution in [2.45, 2.75) is 6.54 Å². The van der Waals surface area contributed by atoms with Crippen LogP contribution in [0.3, 0.4) is 0 Å². The summed E-state index contributed by atoms with van der Waals surface area (Å²) in [5.74, 6) is -0.940. The molecule has 2 rings (SSSR count). The third kappa shape index (κ3) is 4.51. The molecule has 2 amide bonds. The Morgan fingerprint density at radius 3 is 2.57 bits per heavy atom. The molecule has 0 saturated heterocycles. The number of nitrogens with two attached hydrogens (primary N) is 1. The van der Waals surface area contributed by atoms with Crippen molar-refractivity contribution < 1.29 is 9.59 Å². The van der Waals surface area contributed by atoms with Gasteiger partial charge in [0.1, 0.15) is 5.69 Å². The Bertz CT molecular complexity index is 729. The smallest absolute Gasteiger partial charge is 0.274 e. The first-order valence-electron chi connectivity index (χ1n) is 6.87. The Balaban J connectivity index is 2.31. The number of benzene rings is 1. The first-order valence-corrected chi connectivity index (χ1v) is 7.25. The van der Waals surface area contributed by atoms with Crippen LogP contribution in [0.15, 0.2) is 36.5 Å². The predicted octanol–water partition coefficient (Wildman–Crippen LogP) is 2.15. The molecule has 120 valence electrons. The average Bonchev–Trinajstić information content (AvgIpc) is 2.49.